The quantitative estimate of drug-likeness (QED) is 0.327. The summed E-state index contributed by atoms with van der Waals surface area (Å²) in [5.41, 5.74) is 9.69. The smallest absolute Gasteiger partial charge is 0.293 e. The van der Waals surface area contributed by atoms with Gasteiger partial charge in [0, 0.05) is 0 Å². The lowest BCUT2D eigenvalue weighted by Crippen LogP contribution is -2.43. The highest BCUT2D eigenvalue weighted by Gasteiger charge is 2.59. The van der Waals surface area contributed by atoms with Crippen LogP contribution >= 0.6 is 0 Å². The second-order valence-corrected chi connectivity index (χ2v) is 5.25. The Morgan fingerprint density at radius 3 is 3.04 bits per heavy atom. The Morgan fingerprint density at radius 1 is 1.67 bits per heavy atom. The second kappa shape index (κ2) is 5.72. The molecule has 12 nitrogen and oxygen atoms in total. The maximum Gasteiger partial charge on any atom is 0.293 e. The van der Waals surface area contributed by atoms with Gasteiger partial charge in [-0.2, -0.15) is 4.98 Å². The number of ether oxygens (including phenoxy) is 1. The van der Waals surface area contributed by atoms with Crippen molar-refractivity contribution in [3.8, 4) is 0 Å². The molecular weight excluding hydrogens is 327 g/mol. The third-order valence-corrected chi connectivity index (χ3v) is 3.91. The number of H-pyrrole nitrogens is 1. The van der Waals surface area contributed by atoms with Crippen molar-refractivity contribution in [2.75, 3.05) is 19.0 Å². The van der Waals surface area contributed by atoms with Crippen molar-refractivity contribution >= 4 is 17.1 Å². The molecule has 0 radical (unpaired) electrons. The summed E-state index contributed by atoms with van der Waals surface area (Å²) in [7, 11) is 0. The number of nitrogens with one attached hydrogen (secondary N) is 2. The zero-order valence-electron chi connectivity index (χ0n) is 12.1. The van der Waals surface area contributed by atoms with Crippen LogP contribution in [0.25, 0.3) is 11.2 Å². The number of nitrogens with two attached hydrogens (primary N) is 1. The molecule has 3 heterocycles. The van der Waals surface area contributed by atoms with Gasteiger partial charge in [-0.1, -0.05) is 0 Å². The van der Waals surface area contributed by atoms with Crippen molar-refractivity contribution in [2.24, 2.45) is 11.0 Å². The maximum atomic E-state index is 13.5. The minimum atomic E-state index is -1.99. The van der Waals surface area contributed by atoms with Crippen LogP contribution in [0.15, 0.2) is 16.2 Å². The van der Waals surface area contributed by atoms with Crippen molar-refractivity contribution in [1.29, 1.82) is 5.53 Å². The van der Waals surface area contributed by atoms with Gasteiger partial charge in [0.25, 0.3) is 11.3 Å². The van der Waals surface area contributed by atoms with Gasteiger partial charge in [-0.25, -0.2) is 4.98 Å². The van der Waals surface area contributed by atoms with Gasteiger partial charge >= 0.3 is 0 Å². The minimum Gasteiger partial charge on any atom is -0.391 e. The Bertz CT molecular complexity index is 877. The molecule has 0 spiro atoms. The molecule has 0 amide bonds. The zero-order chi connectivity index (χ0) is 17.5. The molecule has 3 rings (SSSR count). The number of alkyl halides is 1. The fourth-order valence-electron chi connectivity index (χ4n) is 2.74. The summed E-state index contributed by atoms with van der Waals surface area (Å²) in [5, 5.41) is 23.1. The van der Waals surface area contributed by atoms with Gasteiger partial charge in [-0.05, 0) is 0 Å². The normalized spacial score (nSPS) is 29.7. The molecule has 4 atom stereocenters. The number of fused-ring (bicyclic) bond motifs is 1. The van der Waals surface area contributed by atoms with Crippen molar-refractivity contribution in [2.45, 2.75) is 18.1 Å². The van der Waals surface area contributed by atoms with Crippen molar-refractivity contribution in [1.82, 2.24) is 24.4 Å². The maximum absolute atomic E-state index is 13.5. The first kappa shape index (κ1) is 16.1. The van der Waals surface area contributed by atoms with Gasteiger partial charge in [0.15, 0.2) is 16.3 Å². The number of rotatable bonds is 4. The first-order valence-corrected chi connectivity index (χ1v) is 6.81. The number of nitrogens with zero attached hydrogens (tertiary/aromatic N) is 5. The summed E-state index contributed by atoms with van der Waals surface area (Å²) in [4.78, 5) is 24.7. The highest BCUT2D eigenvalue weighted by atomic mass is 19.1. The summed E-state index contributed by atoms with van der Waals surface area (Å²) < 4.78 is 20.2. The third kappa shape index (κ3) is 2.18. The Kier molecular flexibility index (Phi) is 3.85. The van der Waals surface area contributed by atoms with E-state index in [9.17, 15) is 19.4 Å². The van der Waals surface area contributed by atoms with E-state index in [0.717, 1.165) is 0 Å². The predicted octanol–water partition coefficient (Wildman–Crippen LogP) is -1.58. The summed E-state index contributed by atoms with van der Waals surface area (Å²) in [6.07, 6.45) is -1.60. The molecule has 0 bridgehead atoms. The molecule has 24 heavy (non-hydrogen) atoms. The first-order valence-electron chi connectivity index (χ1n) is 6.81. The molecule has 1 aliphatic rings. The number of imidazole rings is 1. The van der Waals surface area contributed by atoms with Crippen LogP contribution in [0.5, 0.6) is 0 Å². The van der Waals surface area contributed by atoms with Crippen LogP contribution in [0.3, 0.4) is 0 Å². The monoisotopic (exact) mass is 341 g/mol. The Labute approximate surface area is 132 Å². The minimum absolute atomic E-state index is 0.0171. The van der Waals surface area contributed by atoms with Gasteiger partial charge in [-0.15, -0.1) is 0 Å². The average molecular weight is 341 g/mol. The number of hydrogen-bond donors (Lipinski definition) is 5. The average Bonchev–Trinajstić information content (AvgIpc) is 3.08. The lowest BCUT2D eigenvalue weighted by molar-refractivity contribution is -0.126. The Morgan fingerprint density at radius 2 is 2.42 bits per heavy atom. The number of aliphatic hydroxyl groups is 2. The topological polar surface area (TPSA) is 190 Å². The summed E-state index contributed by atoms with van der Waals surface area (Å²) in [5.74, 6) is -1.34. The van der Waals surface area contributed by atoms with Crippen molar-refractivity contribution < 1.29 is 19.3 Å². The number of hydrogen-bond acceptors (Lipinski definition) is 9. The van der Waals surface area contributed by atoms with E-state index in [0.29, 0.717) is 0 Å². The molecule has 2 aromatic heterocycles. The largest absolute Gasteiger partial charge is 0.391 e. The van der Waals surface area contributed by atoms with Crippen LogP contribution in [0.1, 0.15) is 6.23 Å². The van der Waals surface area contributed by atoms with Crippen LogP contribution in [0.2, 0.25) is 0 Å². The van der Waals surface area contributed by atoms with Gasteiger partial charge < -0.3 is 20.7 Å². The predicted molar refractivity (Wildman–Crippen MR) is 75.3 cm³/mol. The first-order chi connectivity index (χ1) is 11.5. The molecule has 0 aliphatic carbocycles. The fourth-order valence-corrected chi connectivity index (χ4v) is 2.74. The van der Waals surface area contributed by atoms with E-state index in [1.54, 1.807) is 0 Å². The van der Waals surface area contributed by atoms with Crippen LogP contribution in [-0.4, -0.2) is 54.8 Å². The number of aliphatic hydroxyl groups excluding tert-OH is 2. The van der Waals surface area contributed by atoms with E-state index < -0.39 is 42.8 Å². The highest BCUT2D eigenvalue weighted by molar-refractivity contribution is 5.70. The molecule has 0 unspecified atom stereocenters. The summed E-state index contributed by atoms with van der Waals surface area (Å²) in [6.45, 7) is -1.86. The number of aromatic nitrogens is 4. The van der Waals surface area contributed by atoms with E-state index in [2.05, 4.69) is 25.0 Å². The third-order valence-electron chi connectivity index (χ3n) is 3.91. The summed E-state index contributed by atoms with van der Waals surface area (Å²) >= 11 is 0. The molecular formula is C11H14FN8O4+. The van der Waals surface area contributed by atoms with Gasteiger partial charge in [0.2, 0.25) is 10.9 Å². The van der Waals surface area contributed by atoms with Crippen molar-refractivity contribution in [3.05, 3.63) is 16.7 Å². The van der Waals surface area contributed by atoms with Gasteiger partial charge in [0.1, 0.15) is 24.5 Å². The summed E-state index contributed by atoms with van der Waals surface area (Å²) in [6, 6.07) is 0. The standard InChI is InChI=1S/C11H13FN8O4/c12-1-4-6(22)11(2-21,18-19-14)24-9(4)20-3-15-5-7(20)16-10(13)17-8(5)23/h3-4,6,9,14,21-22H,1-2H2,(H2-,13,16,17,23)/p+1/t4-,6-,9+,11+/m0/s1. The fraction of sp³-hybridized carbons (Fsp3) is 0.545. The molecule has 6 N–H and O–H groups in total. The molecule has 13 heteroatoms. The Hall–Kier alpha value is -2.73. The highest BCUT2D eigenvalue weighted by Crippen LogP contribution is 2.43. The number of aromatic amines is 1. The molecule has 1 aliphatic heterocycles. The molecule has 128 valence electrons. The number of anilines is 1. The van der Waals surface area contributed by atoms with Gasteiger partial charge in [-0.3, -0.25) is 18.7 Å². The molecule has 1 saturated heterocycles. The van der Waals surface area contributed by atoms with Crippen LogP contribution in [0, 0.1) is 11.4 Å². The SMILES string of the molecule is N=[N+]=N[C@]1(CO)O[C@@H](n2cnc3c(=O)[nH]c(N)nc32)[C@@H](CF)[C@@H]1O. The Balaban J connectivity index is 2.15. The van der Waals surface area contributed by atoms with Crippen LogP contribution < -0.4 is 16.2 Å². The molecule has 1 fully saturated rings. The van der Waals surface area contributed by atoms with E-state index in [1.165, 1.54) is 10.9 Å². The lowest BCUT2D eigenvalue weighted by Gasteiger charge is -2.18. The van der Waals surface area contributed by atoms with E-state index in [1.807, 2.05) is 0 Å². The van der Waals surface area contributed by atoms with E-state index >= 15 is 0 Å². The zero-order valence-corrected chi connectivity index (χ0v) is 12.1. The molecule has 0 aromatic carbocycles. The number of nitrogen functional groups attached to an aromatic ring is 1. The lowest BCUT2D eigenvalue weighted by atomic mass is 9.97. The van der Waals surface area contributed by atoms with Crippen LogP contribution in [-0.2, 0) is 4.74 Å². The van der Waals surface area contributed by atoms with Crippen LogP contribution in [0.4, 0.5) is 10.3 Å². The molecule has 2 aromatic rings. The van der Waals surface area contributed by atoms with E-state index in [4.69, 9.17) is 16.0 Å². The number of halogens is 1. The molecule has 0 saturated carbocycles. The van der Waals surface area contributed by atoms with Gasteiger partial charge in [0.05, 0.1) is 18.9 Å². The van der Waals surface area contributed by atoms with Crippen molar-refractivity contribution in [3.63, 3.8) is 0 Å². The van der Waals surface area contributed by atoms with E-state index in [-0.39, 0.29) is 17.1 Å². The second-order valence-electron chi connectivity index (χ2n) is 5.25.